The van der Waals surface area contributed by atoms with Gasteiger partial charge in [-0.1, -0.05) is 0 Å². The van der Waals surface area contributed by atoms with Gasteiger partial charge in [-0.05, 0) is 0 Å². The molecular weight excluding hydrogens is 299 g/mol. The number of hydrogen-bond acceptors (Lipinski definition) is 2. The van der Waals surface area contributed by atoms with Crippen LogP contribution in [-0.2, 0) is 0 Å². The summed E-state index contributed by atoms with van der Waals surface area (Å²) in [5.41, 5.74) is -1.82. The van der Waals surface area contributed by atoms with E-state index in [0.29, 0.717) is 0 Å². The normalized spacial score (nSPS) is 12.7. The van der Waals surface area contributed by atoms with Crippen molar-refractivity contribution in [2.75, 3.05) is 6.54 Å². The maximum atomic E-state index is 13.1. The van der Waals surface area contributed by atoms with Crippen LogP contribution in [0.3, 0.4) is 0 Å². The van der Waals surface area contributed by atoms with Crippen molar-refractivity contribution in [3.05, 3.63) is 34.6 Å². The van der Waals surface area contributed by atoms with Crippen molar-refractivity contribution in [2.24, 2.45) is 0 Å². The molecule has 20 heavy (non-hydrogen) atoms. The molecule has 10 heteroatoms. The Bertz CT molecular complexity index is 506. The summed E-state index contributed by atoms with van der Waals surface area (Å²) < 4.78 is 88.3. The van der Waals surface area contributed by atoms with Crippen LogP contribution in [0.25, 0.3) is 0 Å². The monoisotopic (exact) mass is 305 g/mol. The van der Waals surface area contributed by atoms with Gasteiger partial charge >= 0.3 is 0 Å². The van der Waals surface area contributed by atoms with Crippen molar-refractivity contribution in [3.8, 4) is 0 Å². The van der Waals surface area contributed by atoms with Gasteiger partial charge in [-0.25, -0.2) is 30.7 Å². The first-order chi connectivity index (χ1) is 9.18. The summed E-state index contributed by atoms with van der Waals surface area (Å²) in [5, 5.41) is 10.1. The number of rotatable bonds is 4. The minimum Gasteiger partial charge on any atom is -0.385 e. The third-order valence-electron chi connectivity index (χ3n) is 2.20. The van der Waals surface area contributed by atoms with Gasteiger partial charge in [0.15, 0.2) is 23.3 Å². The minimum atomic E-state index is -3.26. The number of amides is 1. The molecule has 1 rings (SSSR count). The van der Waals surface area contributed by atoms with E-state index >= 15 is 0 Å². The highest BCUT2D eigenvalue weighted by molar-refractivity contribution is 5.94. The highest BCUT2D eigenvalue weighted by Crippen LogP contribution is 2.22. The van der Waals surface area contributed by atoms with Crippen molar-refractivity contribution >= 4 is 5.91 Å². The molecule has 0 aliphatic heterocycles. The molecule has 0 aliphatic carbocycles. The average Bonchev–Trinajstić information content (AvgIpc) is 2.40. The van der Waals surface area contributed by atoms with Gasteiger partial charge < -0.3 is 10.4 Å². The lowest BCUT2D eigenvalue weighted by molar-refractivity contribution is -0.00275. The summed E-state index contributed by atoms with van der Waals surface area (Å²) in [6.45, 7) is -1.13. The zero-order chi connectivity index (χ0) is 15.6. The van der Waals surface area contributed by atoms with Crippen molar-refractivity contribution < 1.29 is 40.6 Å². The predicted octanol–water partition coefficient (Wildman–Crippen LogP) is 1.74. The molecule has 0 radical (unpaired) electrons. The summed E-state index contributed by atoms with van der Waals surface area (Å²) in [7, 11) is 0. The first-order valence-electron chi connectivity index (χ1n) is 4.94. The molecule has 1 atom stereocenters. The summed E-state index contributed by atoms with van der Waals surface area (Å²) in [5.74, 6) is -13.8. The zero-order valence-corrected chi connectivity index (χ0v) is 9.36. The molecule has 1 unspecified atom stereocenters. The second-order valence-electron chi connectivity index (χ2n) is 3.56. The van der Waals surface area contributed by atoms with Gasteiger partial charge in [0, 0.05) is 6.54 Å². The van der Waals surface area contributed by atoms with E-state index in [9.17, 15) is 35.5 Å². The van der Waals surface area contributed by atoms with E-state index in [1.54, 1.807) is 0 Å². The molecule has 0 saturated carbocycles. The molecule has 0 fully saturated rings. The Morgan fingerprint density at radius 3 is 1.75 bits per heavy atom. The molecule has 0 bridgehead atoms. The molecule has 1 amide bonds. The van der Waals surface area contributed by atoms with Crippen LogP contribution in [0.2, 0.25) is 0 Å². The predicted molar refractivity (Wildman–Crippen MR) is 50.6 cm³/mol. The number of nitrogens with one attached hydrogen (secondary N) is 1. The number of carbonyl (C=O) groups is 1. The highest BCUT2D eigenvalue weighted by Gasteiger charge is 2.30. The van der Waals surface area contributed by atoms with Gasteiger partial charge in [-0.15, -0.1) is 0 Å². The quantitative estimate of drug-likeness (QED) is 0.506. The number of aliphatic hydroxyl groups is 1. The number of benzene rings is 1. The molecule has 1 aromatic rings. The zero-order valence-electron chi connectivity index (χ0n) is 9.36. The van der Waals surface area contributed by atoms with Crippen LogP contribution in [0.4, 0.5) is 30.7 Å². The lowest BCUT2D eigenvalue weighted by Gasteiger charge is -2.12. The summed E-state index contributed by atoms with van der Waals surface area (Å²) in [6.07, 6.45) is -5.60. The van der Waals surface area contributed by atoms with Crippen LogP contribution >= 0.6 is 0 Å². The molecule has 0 heterocycles. The molecule has 112 valence electrons. The van der Waals surface area contributed by atoms with Crippen molar-refractivity contribution in [1.29, 1.82) is 0 Å². The SMILES string of the molecule is O=C(NCC(O)C(F)F)c1c(F)c(F)c(F)c(F)c1F. The average molecular weight is 305 g/mol. The third-order valence-corrected chi connectivity index (χ3v) is 2.20. The Labute approximate surface area is 107 Å². The Kier molecular flexibility index (Phi) is 4.93. The second-order valence-corrected chi connectivity index (χ2v) is 3.56. The number of aliphatic hydroxyl groups excluding tert-OH is 1. The van der Waals surface area contributed by atoms with E-state index in [0.717, 1.165) is 0 Å². The smallest absolute Gasteiger partial charge is 0.265 e. The van der Waals surface area contributed by atoms with Gasteiger partial charge in [-0.2, -0.15) is 0 Å². The Morgan fingerprint density at radius 2 is 1.35 bits per heavy atom. The van der Waals surface area contributed by atoms with Gasteiger partial charge in [0.1, 0.15) is 11.7 Å². The Balaban J connectivity index is 3.06. The molecule has 0 aliphatic rings. The fraction of sp³-hybridized carbons (Fsp3) is 0.300. The van der Waals surface area contributed by atoms with E-state index < -0.39 is 59.6 Å². The van der Waals surface area contributed by atoms with Crippen LogP contribution in [0.5, 0.6) is 0 Å². The van der Waals surface area contributed by atoms with Gasteiger partial charge in [-0.3, -0.25) is 4.79 Å². The van der Waals surface area contributed by atoms with E-state index in [2.05, 4.69) is 0 Å². The maximum absolute atomic E-state index is 13.1. The van der Waals surface area contributed by atoms with Crippen LogP contribution in [0.1, 0.15) is 10.4 Å². The van der Waals surface area contributed by atoms with Gasteiger partial charge in [0.2, 0.25) is 5.82 Å². The van der Waals surface area contributed by atoms with Crippen LogP contribution < -0.4 is 5.32 Å². The molecule has 0 saturated heterocycles. The first kappa shape index (κ1) is 16.2. The summed E-state index contributed by atoms with van der Waals surface area (Å²) in [4.78, 5) is 11.2. The van der Waals surface area contributed by atoms with Crippen LogP contribution in [0.15, 0.2) is 0 Å². The lowest BCUT2D eigenvalue weighted by atomic mass is 10.1. The van der Waals surface area contributed by atoms with Crippen molar-refractivity contribution in [2.45, 2.75) is 12.5 Å². The largest absolute Gasteiger partial charge is 0.385 e. The maximum Gasteiger partial charge on any atom is 0.265 e. The van der Waals surface area contributed by atoms with Gasteiger partial charge in [0.05, 0.1) is 0 Å². The van der Waals surface area contributed by atoms with E-state index in [4.69, 9.17) is 5.11 Å². The van der Waals surface area contributed by atoms with Gasteiger partial charge in [0.25, 0.3) is 12.3 Å². The third kappa shape index (κ3) is 3.00. The molecule has 0 spiro atoms. The van der Waals surface area contributed by atoms with E-state index in [-0.39, 0.29) is 0 Å². The summed E-state index contributed by atoms with van der Waals surface area (Å²) in [6, 6.07) is 0. The van der Waals surface area contributed by atoms with Crippen molar-refractivity contribution in [3.63, 3.8) is 0 Å². The Morgan fingerprint density at radius 1 is 0.950 bits per heavy atom. The van der Waals surface area contributed by atoms with Crippen LogP contribution in [-0.4, -0.2) is 30.1 Å². The number of hydrogen-bond donors (Lipinski definition) is 2. The second kappa shape index (κ2) is 6.07. The molecule has 1 aromatic carbocycles. The number of alkyl halides is 2. The molecule has 3 nitrogen and oxygen atoms in total. The topological polar surface area (TPSA) is 49.3 Å². The highest BCUT2D eigenvalue weighted by atomic mass is 19.3. The standard InChI is InChI=1S/C10H6F7NO2/c11-4-3(5(12)7(14)8(15)6(4)13)10(20)18-1-2(19)9(16)17/h2,9,19H,1H2,(H,18,20). The minimum absolute atomic E-state index is 1.13. The molecule has 2 N–H and O–H groups in total. The van der Waals surface area contributed by atoms with Crippen LogP contribution in [0, 0.1) is 29.1 Å². The number of halogens is 7. The number of carbonyl (C=O) groups excluding carboxylic acids is 1. The lowest BCUT2D eigenvalue weighted by Crippen LogP contribution is -2.37. The Hall–Kier alpha value is -1.84. The molecule has 0 aromatic heterocycles. The van der Waals surface area contributed by atoms with Crippen molar-refractivity contribution in [1.82, 2.24) is 5.32 Å². The molecular formula is C10H6F7NO2. The fourth-order valence-corrected chi connectivity index (χ4v) is 1.18. The van der Waals surface area contributed by atoms with E-state index in [1.807, 2.05) is 0 Å². The first-order valence-corrected chi connectivity index (χ1v) is 4.94. The van der Waals surface area contributed by atoms with E-state index in [1.165, 1.54) is 5.32 Å². The summed E-state index contributed by atoms with van der Waals surface area (Å²) >= 11 is 0. The fourth-order valence-electron chi connectivity index (χ4n) is 1.18.